The van der Waals surface area contributed by atoms with Crippen LogP contribution in [0.5, 0.6) is 5.75 Å². The molecule has 3 aromatic carbocycles. The topological polar surface area (TPSA) is 83.1 Å². The van der Waals surface area contributed by atoms with Crippen molar-refractivity contribution < 1.29 is 22.3 Å². The van der Waals surface area contributed by atoms with E-state index < -0.39 is 32.2 Å². The van der Waals surface area contributed by atoms with Crippen molar-refractivity contribution in [1.82, 2.24) is 9.88 Å². The van der Waals surface area contributed by atoms with E-state index in [-0.39, 0.29) is 5.69 Å². The summed E-state index contributed by atoms with van der Waals surface area (Å²) in [7, 11) is -3.15. The number of nitrogens with zero attached hydrogens (tertiary/aromatic N) is 4. The van der Waals surface area contributed by atoms with Gasteiger partial charge >= 0.3 is 0 Å². The maximum Gasteiger partial charge on any atom is 0.273 e. The zero-order chi connectivity index (χ0) is 28.8. The van der Waals surface area contributed by atoms with Gasteiger partial charge in [-0.3, -0.25) is 14.7 Å². The van der Waals surface area contributed by atoms with Crippen molar-refractivity contribution in [3.63, 3.8) is 0 Å². The van der Waals surface area contributed by atoms with Crippen molar-refractivity contribution >= 4 is 38.9 Å². The molecule has 6 rings (SSSR count). The fourth-order valence-corrected chi connectivity index (χ4v) is 7.57. The normalized spacial score (nSPS) is 19.3. The predicted octanol–water partition coefficient (Wildman–Crippen LogP) is 4.68. The van der Waals surface area contributed by atoms with Gasteiger partial charge in [0.05, 0.1) is 12.8 Å². The van der Waals surface area contributed by atoms with Crippen molar-refractivity contribution in [2.24, 2.45) is 0 Å². The Morgan fingerprint density at radius 2 is 1.59 bits per heavy atom. The fourth-order valence-electron chi connectivity index (χ4n) is 5.87. The molecule has 0 radical (unpaired) electrons. The van der Waals surface area contributed by atoms with Crippen LogP contribution in [0.4, 0.5) is 15.8 Å². The summed E-state index contributed by atoms with van der Waals surface area (Å²) in [4.78, 5) is 22.6. The summed E-state index contributed by atoms with van der Waals surface area (Å²) in [5.74, 6) is -1.29. The molecule has 210 valence electrons. The third-order valence-corrected chi connectivity index (χ3v) is 9.66. The Labute approximate surface area is 242 Å². The van der Waals surface area contributed by atoms with Crippen molar-refractivity contribution in [1.29, 1.82) is 0 Å². The Balaban J connectivity index is 1.56. The third-order valence-electron chi connectivity index (χ3n) is 7.69. The molecule has 41 heavy (non-hydrogen) atoms. The summed E-state index contributed by atoms with van der Waals surface area (Å²) in [5.41, 5.74) is 0.354. The molecule has 2 aliphatic rings. The van der Waals surface area contributed by atoms with Crippen LogP contribution < -0.4 is 13.9 Å². The van der Waals surface area contributed by atoms with Crippen LogP contribution >= 0.6 is 11.6 Å². The van der Waals surface area contributed by atoms with Crippen LogP contribution in [0.3, 0.4) is 0 Å². The number of rotatable bonds is 6. The van der Waals surface area contributed by atoms with Gasteiger partial charge in [-0.05, 0) is 48.5 Å². The van der Waals surface area contributed by atoms with Crippen LogP contribution in [-0.2, 0) is 20.4 Å². The molecule has 0 N–H and O–H groups in total. The Kier molecular flexibility index (Phi) is 6.93. The van der Waals surface area contributed by atoms with Crippen molar-refractivity contribution in [2.45, 2.75) is 10.4 Å². The van der Waals surface area contributed by atoms with E-state index in [4.69, 9.17) is 16.3 Å². The standard InChI is InChI=1S/C30H26ClFN4O4S/c1-40-27-8-4-2-6-23(27)30(35-18-16-34(17-19-35)22-12-14-33-15-13-22)24-20-21(31)10-11-26(24)36(29(30)37)41(38,39)28-9-5-3-7-25(28)32/h2-15,20H,16-19H2,1H3. The molecule has 11 heteroatoms. The lowest BCUT2D eigenvalue weighted by Gasteiger charge is -2.46. The first-order chi connectivity index (χ1) is 19.8. The number of pyridine rings is 1. The molecule has 8 nitrogen and oxygen atoms in total. The number of sulfonamides is 1. The minimum absolute atomic E-state index is 0.116. The third kappa shape index (κ3) is 4.25. The Morgan fingerprint density at radius 1 is 0.902 bits per heavy atom. The number of benzene rings is 3. The molecular weight excluding hydrogens is 567 g/mol. The van der Waals surface area contributed by atoms with Gasteiger partial charge in [0, 0.05) is 60.4 Å². The lowest BCUT2D eigenvalue weighted by Crippen LogP contribution is -2.60. The van der Waals surface area contributed by atoms with Gasteiger partial charge in [-0.1, -0.05) is 41.9 Å². The Bertz CT molecular complexity index is 1730. The maximum atomic E-state index is 14.9. The number of carbonyl (C=O) groups excluding carboxylic acids is 1. The molecule has 1 saturated heterocycles. The highest BCUT2D eigenvalue weighted by atomic mass is 35.5. The van der Waals surface area contributed by atoms with E-state index in [9.17, 15) is 17.6 Å². The molecule has 0 spiro atoms. The van der Waals surface area contributed by atoms with E-state index in [0.717, 1.165) is 22.1 Å². The van der Waals surface area contributed by atoms with Crippen molar-refractivity contribution in [3.8, 4) is 5.75 Å². The van der Waals surface area contributed by atoms with Crippen molar-refractivity contribution in [3.05, 3.63) is 113 Å². The fraction of sp³-hybridized carbons (Fsp3) is 0.200. The number of halogens is 2. The molecule has 1 amide bonds. The van der Waals surface area contributed by atoms with Gasteiger partial charge in [-0.2, -0.15) is 0 Å². The lowest BCUT2D eigenvalue weighted by atomic mass is 9.81. The van der Waals surface area contributed by atoms with Crippen LogP contribution in [0.1, 0.15) is 11.1 Å². The Hall–Kier alpha value is -3.99. The zero-order valence-corrected chi connectivity index (χ0v) is 23.6. The number of amides is 1. The van der Waals surface area contributed by atoms with E-state index in [1.54, 1.807) is 42.7 Å². The largest absolute Gasteiger partial charge is 0.496 e. The second-order valence-corrected chi connectivity index (χ2v) is 11.9. The molecule has 3 heterocycles. The van der Waals surface area contributed by atoms with Gasteiger partial charge in [0.25, 0.3) is 15.9 Å². The average Bonchev–Trinajstić information content (AvgIpc) is 3.26. The van der Waals surface area contributed by atoms with E-state index in [2.05, 4.69) is 9.88 Å². The molecule has 1 atom stereocenters. The number of para-hydroxylation sites is 1. The number of anilines is 2. The van der Waals surface area contributed by atoms with E-state index in [0.29, 0.717) is 48.1 Å². The van der Waals surface area contributed by atoms with Crippen LogP contribution in [0, 0.1) is 5.82 Å². The van der Waals surface area contributed by atoms with Gasteiger partial charge in [-0.25, -0.2) is 17.1 Å². The minimum atomic E-state index is -4.65. The number of piperazine rings is 1. The van der Waals surface area contributed by atoms with Crippen LogP contribution in [0.15, 0.2) is 96.2 Å². The average molecular weight is 593 g/mol. The molecule has 0 saturated carbocycles. The van der Waals surface area contributed by atoms with Gasteiger partial charge in [0.2, 0.25) is 0 Å². The summed E-state index contributed by atoms with van der Waals surface area (Å²) < 4.78 is 49.5. The summed E-state index contributed by atoms with van der Waals surface area (Å²) in [5, 5.41) is 0.330. The first-order valence-electron chi connectivity index (χ1n) is 13.0. The second kappa shape index (κ2) is 10.4. The van der Waals surface area contributed by atoms with Gasteiger partial charge in [0.1, 0.15) is 16.5 Å². The molecule has 1 aromatic heterocycles. The smallest absolute Gasteiger partial charge is 0.273 e. The first kappa shape index (κ1) is 27.2. The summed E-state index contributed by atoms with van der Waals surface area (Å²) in [6.07, 6.45) is 3.45. The van der Waals surface area contributed by atoms with Crippen LogP contribution in [-0.4, -0.2) is 57.5 Å². The predicted molar refractivity (Wildman–Crippen MR) is 154 cm³/mol. The zero-order valence-electron chi connectivity index (χ0n) is 22.1. The van der Waals surface area contributed by atoms with Crippen LogP contribution in [0.2, 0.25) is 5.02 Å². The second-order valence-electron chi connectivity index (χ2n) is 9.76. The number of hydrogen-bond donors (Lipinski definition) is 0. The molecule has 2 aliphatic heterocycles. The number of methoxy groups -OCH3 is 1. The molecule has 1 unspecified atom stereocenters. The molecule has 4 aromatic rings. The summed E-state index contributed by atoms with van der Waals surface area (Å²) in [6.45, 7) is 1.94. The van der Waals surface area contributed by atoms with Crippen molar-refractivity contribution in [2.75, 3.05) is 42.5 Å². The number of aromatic nitrogens is 1. The van der Waals surface area contributed by atoms with Gasteiger partial charge in [-0.15, -0.1) is 0 Å². The molecule has 1 fully saturated rings. The summed E-state index contributed by atoms with van der Waals surface area (Å²) in [6, 6.07) is 20.6. The number of carbonyl (C=O) groups is 1. The number of hydrogen-bond acceptors (Lipinski definition) is 7. The minimum Gasteiger partial charge on any atom is -0.496 e. The highest BCUT2D eigenvalue weighted by Crippen LogP contribution is 2.53. The van der Waals surface area contributed by atoms with E-state index in [1.165, 1.54) is 31.4 Å². The quantitative estimate of drug-likeness (QED) is 0.321. The molecule has 0 aliphatic carbocycles. The SMILES string of the molecule is COc1ccccc1C1(N2CCN(c3ccncc3)CC2)C(=O)N(S(=O)(=O)c2ccccc2F)c2ccc(Cl)cc21. The van der Waals surface area contributed by atoms with E-state index in [1.807, 2.05) is 17.0 Å². The number of fused-ring (bicyclic) bond motifs is 1. The molecular formula is C30H26ClFN4O4S. The lowest BCUT2D eigenvalue weighted by molar-refractivity contribution is -0.127. The highest BCUT2D eigenvalue weighted by molar-refractivity contribution is 7.93. The van der Waals surface area contributed by atoms with Gasteiger partial charge < -0.3 is 9.64 Å². The maximum absolute atomic E-state index is 14.9. The number of ether oxygens (including phenoxy) is 1. The summed E-state index contributed by atoms with van der Waals surface area (Å²) >= 11 is 6.50. The Morgan fingerprint density at radius 3 is 2.29 bits per heavy atom. The first-order valence-corrected chi connectivity index (χ1v) is 14.8. The highest BCUT2D eigenvalue weighted by Gasteiger charge is 2.60. The van der Waals surface area contributed by atoms with E-state index >= 15 is 0 Å². The monoisotopic (exact) mass is 592 g/mol. The molecule has 0 bridgehead atoms. The van der Waals surface area contributed by atoms with Gasteiger partial charge in [0.15, 0.2) is 5.54 Å². The van der Waals surface area contributed by atoms with Crippen LogP contribution in [0.25, 0.3) is 0 Å².